The molecule has 0 saturated heterocycles. The average Bonchev–Trinajstić information content (AvgIpc) is 2.28. The molecule has 4 heteroatoms. The molecule has 1 aliphatic heterocycles. The minimum absolute atomic E-state index is 0.546. The van der Waals surface area contributed by atoms with Gasteiger partial charge in [-0.2, -0.15) is 0 Å². The molecule has 2 rings (SSSR count). The van der Waals surface area contributed by atoms with E-state index in [-0.39, 0.29) is 0 Å². The van der Waals surface area contributed by atoms with Crippen molar-refractivity contribution in [2.24, 2.45) is 0 Å². The minimum Gasteiger partial charge on any atom is -0.372 e. The molecule has 0 bridgehead atoms. The SMILES string of the molecule is CN1CCOC(O)c2ccc(Br)cc21. The number of halogens is 1. The zero-order valence-corrected chi connectivity index (χ0v) is 9.49. The Morgan fingerprint density at radius 2 is 2.36 bits per heavy atom. The first-order valence-corrected chi connectivity index (χ1v) is 5.28. The van der Waals surface area contributed by atoms with Gasteiger partial charge >= 0.3 is 0 Å². The molecule has 1 heterocycles. The van der Waals surface area contributed by atoms with E-state index in [0.717, 1.165) is 22.3 Å². The van der Waals surface area contributed by atoms with E-state index in [2.05, 4.69) is 20.8 Å². The van der Waals surface area contributed by atoms with E-state index < -0.39 is 6.29 Å². The molecule has 3 nitrogen and oxygen atoms in total. The van der Waals surface area contributed by atoms with Gasteiger partial charge in [-0.3, -0.25) is 0 Å². The van der Waals surface area contributed by atoms with Gasteiger partial charge in [0.05, 0.1) is 6.61 Å². The van der Waals surface area contributed by atoms with Crippen LogP contribution in [0.3, 0.4) is 0 Å². The van der Waals surface area contributed by atoms with Gasteiger partial charge in [0.15, 0.2) is 6.29 Å². The Labute approximate surface area is 91.4 Å². The maximum absolute atomic E-state index is 9.69. The molecule has 76 valence electrons. The summed E-state index contributed by atoms with van der Waals surface area (Å²) in [4.78, 5) is 2.08. The number of hydrogen-bond acceptors (Lipinski definition) is 3. The van der Waals surface area contributed by atoms with Crippen molar-refractivity contribution < 1.29 is 9.84 Å². The summed E-state index contributed by atoms with van der Waals surface area (Å²) in [6, 6.07) is 5.78. The molecule has 1 aromatic rings. The fraction of sp³-hybridized carbons (Fsp3) is 0.400. The van der Waals surface area contributed by atoms with Gasteiger partial charge in [0, 0.05) is 29.3 Å². The molecule has 0 spiro atoms. The normalized spacial score (nSPS) is 21.6. The van der Waals surface area contributed by atoms with Gasteiger partial charge in [0.2, 0.25) is 0 Å². The standard InChI is InChI=1S/C10H12BrNO2/c1-12-4-5-14-10(13)8-3-2-7(11)6-9(8)12/h2-3,6,10,13H,4-5H2,1H3. The molecule has 0 saturated carbocycles. The van der Waals surface area contributed by atoms with Crippen LogP contribution in [0.15, 0.2) is 22.7 Å². The van der Waals surface area contributed by atoms with Crippen molar-refractivity contribution in [1.82, 2.24) is 0 Å². The first kappa shape index (κ1) is 9.96. The maximum atomic E-state index is 9.69. The van der Waals surface area contributed by atoms with Crippen LogP contribution in [0.4, 0.5) is 5.69 Å². The van der Waals surface area contributed by atoms with E-state index in [0.29, 0.717) is 6.61 Å². The number of fused-ring (bicyclic) bond motifs is 1. The topological polar surface area (TPSA) is 32.7 Å². The maximum Gasteiger partial charge on any atom is 0.183 e. The third-order valence-corrected chi connectivity index (χ3v) is 2.87. The van der Waals surface area contributed by atoms with Crippen molar-refractivity contribution in [3.05, 3.63) is 28.2 Å². The summed E-state index contributed by atoms with van der Waals surface area (Å²) in [5, 5.41) is 9.69. The Bertz CT molecular complexity index is 343. The second-order valence-corrected chi connectivity index (χ2v) is 4.26. The van der Waals surface area contributed by atoms with Gasteiger partial charge < -0.3 is 14.7 Å². The van der Waals surface area contributed by atoms with E-state index >= 15 is 0 Å². The van der Waals surface area contributed by atoms with Crippen LogP contribution < -0.4 is 4.90 Å². The summed E-state index contributed by atoms with van der Waals surface area (Å²) >= 11 is 3.41. The second-order valence-electron chi connectivity index (χ2n) is 3.35. The van der Waals surface area contributed by atoms with Gasteiger partial charge in [0.25, 0.3) is 0 Å². The van der Waals surface area contributed by atoms with Gasteiger partial charge in [0.1, 0.15) is 0 Å². The molecular formula is C10H12BrNO2. The van der Waals surface area contributed by atoms with Crippen LogP contribution in [-0.2, 0) is 4.74 Å². The number of anilines is 1. The Morgan fingerprint density at radius 1 is 1.57 bits per heavy atom. The van der Waals surface area contributed by atoms with Crippen molar-refractivity contribution in [3.8, 4) is 0 Å². The summed E-state index contributed by atoms with van der Waals surface area (Å²) in [5.74, 6) is 0. The van der Waals surface area contributed by atoms with E-state index in [1.165, 1.54) is 0 Å². The van der Waals surface area contributed by atoms with Crippen LogP contribution in [-0.4, -0.2) is 25.3 Å². The Morgan fingerprint density at radius 3 is 3.14 bits per heavy atom. The molecule has 0 amide bonds. The largest absolute Gasteiger partial charge is 0.372 e. The number of aliphatic hydroxyl groups is 1. The van der Waals surface area contributed by atoms with Crippen LogP contribution in [0.1, 0.15) is 11.9 Å². The third-order valence-electron chi connectivity index (χ3n) is 2.37. The lowest BCUT2D eigenvalue weighted by Crippen LogP contribution is -2.20. The molecule has 1 N–H and O–H groups in total. The zero-order chi connectivity index (χ0) is 10.1. The summed E-state index contributed by atoms with van der Waals surface area (Å²) in [7, 11) is 1.99. The number of aliphatic hydroxyl groups excluding tert-OH is 1. The van der Waals surface area contributed by atoms with E-state index in [1.54, 1.807) is 0 Å². The Balaban J connectivity index is 2.48. The van der Waals surface area contributed by atoms with Crippen LogP contribution in [0.25, 0.3) is 0 Å². The van der Waals surface area contributed by atoms with Crippen molar-refractivity contribution >= 4 is 21.6 Å². The van der Waals surface area contributed by atoms with Gasteiger partial charge in [-0.25, -0.2) is 0 Å². The molecule has 14 heavy (non-hydrogen) atoms. The lowest BCUT2D eigenvalue weighted by atomic mass is 10.1. The highest BCUT2D eigenvalue weighted by molar-refractivity contribution is 9.10. The van der Waals surface area contributed by atoms with E-state index in [9.17, 15) is 5.11 Å². The van der Waals surface area contributed by atoms with Crippen molar-refractivity contribution in [2.75, 3.05) is 25.1 Å². The molecule has 1 aliphatic rings. The summed E-state index contributed by atoms with van der Waals surface area (Å²) in [6.07, 6.45) is -0.803. The van der Waals surface area contributed by atoms with Crippen molar-refractivity contribution in [2.45, 2.75) is 6.29 Å². The number of hydrogen-bond donors (Lipinski definition) is 1. The fourth-order valence-corrected chi connectivity index (χ4v) is 1.92. The van der Waals surface area contributed by atoms with Gasteiger partial charge in [-0.05, 0) is 12.1 Å². The lowest BCUT2D eigenvalue weighted by molar-refractivity contribution is -0.0966. The summed E-state index contributed by atoms with van der Waals surface area (Å²) < 4.78 is 6.25. The first-order valence-electron chi connectivity index (χ1n) is 4.49. The third kappa shape index (κ3) is 1.78. The van der Waals surface area contributed by atoms with Gasteiger partial charge in [-0.1, -0.05) is 22.0 Å². The highest BCUT2D eigenvalue weighted by Crippen LogP contribution is 2.31. The highest BCUT2D eigenvalue weighted by atomic mass is 79.9. The van der Waals surface area contributed by atoms with E-state index in [4.69, 9.17) is 4.74 Å². The minimum atomic E-state index is -0.803. The molecule has 0 radical (unpaired) electrons. The molecule has 1 unspecified atom stereocenters. The predicted molar refractivity (Wildman–Crippen MR) is 58.3 cm³/mol. The lowest BCUT2D eigenvalue weighted by Gasteiger charge is -2.18. The quantitative estimate of drug-likeness (QED) is 0.771. The number of benzene rings is 1. The summed E-state index contributed by atoms with van der Waals surface area (Å²) in [5.41, 5.74) is 1.84. The highest BCUT2D eigenvalue weighted by Gasteiger charge is 2.19. The van der Waals surface area contributed by atoms with Crippen LogP contribution in [0, 0.1) is 0 Å². The zero-order valence-electron chi connectivity index (χ0n) is 7.90. The van der Waals surface area contributed by atoms with E-state index in [1.807, 2.05) is 25.2 Å². The van der Waals surface area contributed by atoms with Crippen molar-refractivity contribution in [1.29, 1.82) is 0 Å². The van der Waals surface area contributed by atoms with Crippen LogP contribution >= 0.6 is 15.9 Å². The molecule has 0 aromatic heterocycles. The molecule has 0 fully saturated rings. The monoisotopic (exact) mass is 257 g/mol. The Kier molecular flexibility index (Phi) is 2.76. The van der Waals surface area contributed by atoms with Crippen LogP contribution in [0.2, 0.25) is 0 Å². The Hall–Kier alpha value is -0.580. The van der Waals surface area contributed by atoms with Gasteiger partial charge in [-0.15, -0.1) is 0 Å². The predicted octanol–water partition coefficient (Wildman–Crippen LogP) is 1.91. The smallest absolute Gasteiger partial charge is 0.183 e. The average molecular weight is 258 g/mol. The molecule has 1 atom stereocenters. The molecule has 0 aliphatic carbocycles. The first-order chi connectivity index (χ1) is 6.68. The fourth-order valence-electron chi connectivity index (χ4n) is 1.57. The molecular weight excluding hydrogens is 246 g/mol. The molecule has 1 aromatic carbocycles. The number of nitrogens with zero attached hydrogens (tertiary/aromatic N) is 1. The number of rotatable bonds is 0. The number of ether oxygens (including phenoxy) is 1. The number of likely N-dealkylation sites (N-methyl/N-ethyl adjacent to an activating group) is 1. The second kappa shape index (κ2) is 3.88. The van der Waals surface area contributed by atoms with Crippen molar-refractivity contribution in [3.63, 3.8) is 0 Å². The van der Waals surface area contributed by atoms with Crippen LogP contribution in [0.5, 0.6) is 0 Å². The summed E-state index contributed by atoms with van der Waals surface area (Å²) in [6.45, 7) is 1.34.